The Bertz CT molecular complexity index is 170. The minimum Gasteiger partial charge on any atom is -0.481 e. The normalized spacial score (nSPS) is 14.6. The summed E-state index contributed by atoms with van der Waals surface area (Å²) in [5, 5.41) is 8.59. The predicted octanol–water partition coefficient (Wildman–Crippen LogP) is 1.83. The van der Waals surface area contributed by atoms with Gasteiger partial charge in [0.1, 0.15) is 0 Å². The Labute approximate surface area is 80.7 Å². The first kappa shape index (κ1) is 12.4. The van der Waals surface area contributed by atoms with Crippen LogP contribution < -0.4 is 0 Å². The van der Waals surface area contributed by atoms with Crippen LogP contribution in [0.5, 0.6) is 0 Å². The molecule has 78 valence electrons. The van der Waals surface area contributed by atoms with Crippen molar-refractivity contribution in [3.8, 4) is 0 Å². The van der Waals surface area contributed by atoms with Crippen LogP contribution in [0.15, 0.2) is 0 Å². The number of nitrogens with zero attached hydrogens (tertiary/aromatic N) is 1. The molecule has 0 saturated heterocycles. The fourth-order valence-electron chi connectivity index (χ4n) is 1.73. The van der Waals surface area contributed by atoms with E-state index < -0.39 is 5.97 Å². The summed E-state index contributed by atoms with van der Waals surface area (Å²) in [6, 6.07) is 0.323. The second-order valence-corrected chi connectivity index (χ2v) is 4.78. The molecule has 0 radical (unpaired) electrons. The van der Waals surface area contributed by atoms with E-state index in [-0.39, 0.29) is 11.8 Å². The summed E-state index contributed by atoms with van der Waals surface area (Å²) in [4.78, 5) is 12.5. The van der Waals surface area contributed by atoms with Gasteiger partial charge in [0.05, 0.1) is 0 Å². The van der Waals surface area contributed by atoms with Crippen LogP contribution in [0.25, 0.3) is 0 Å². The topological polar surface area (TPSA) is 40.5 Å². The number of carboxylic acids is 1. The van der Waals surface area contributed by atoms with E-state index in [9.17, 15) is 4.79 Å². The predicted molar refractivity (Wildman–Crippen MR) is 53.8 cm³/mol. The molecular formula is C10H21NO2. The van der Waals surface area contributed by atoms with Crippen LogP contribution in [0, 0.1) is 5.41 Å². The van der Waals surface area contributed by atoms with Crippen LogP contribution in [-0.2, 0) is 4.79 Å². The van der Waals surface area contributed by atoms with Gasteiger partial charge in [-0.05, 0) is 25.9 Å². The average Bonchev–Trinajstić information content (AvgIpc) is 1.81. The molecular weight excluding hydrogens is 166 g/mol. The standard InChI is InChI=1S/C10H21NO2/c1-10(2,3)8(11(4)5)6-7-9(12)13/h8H,6-7H2,1-5H3,(H,12,13). The molecule has 0 rings (SSSR count). The Morgan fingerprint density at radius 2 is 1.85 bits per heavy atom. The Balaban J connectivity index is 4.20. The third-order valence-electron chi connectivity index (χ3n) is 2.25. The maximum Gasteiger partial charge on any atom is 0.303 e. The molecule has 0 aliphatic heterocycles. The third-order valence-corrected chi connectivity index (χ3v) is 2.25. The first-order valence-electron chi connectivity index (χ1n) is 4.63. The molecule has 0 aromatic carbocycles. The highest BCUT2D eigenvalue weighted by Gasteiger charge is 2.26. The SMILES string of the molecule is CN(C)C(CCC(=O)O)C(C)(C)C. The van der Waals surface area contributed by atoms with Crippen LogP contribution in [-0.4, -0.2) is 36.1 Å². The Kier molecular flexibility index (Phi) is 4.40. The zero-order chi connectivity index (χ0) is 10.6. The van der Waals surface area contributed by atoms with Crippen molar-refractivity contribution >= 4 is 5.97 Å². The van der Waals surface area contributed by atoms with E-state index in [4.69, 9.17) is 5.11 Å². The highest BCUT2D eigenvalue weighted by molar-refractivity contribution is 5.66. The molecule has 13 heavy (non-hydrogen) atoms. The lowest BCUT2D eigenvalue weighted by Crippen LogP contribution is -2.39. The van der Waals surface area contributed by atoms with Crippen LogP contribution in [0.1, 0.15) is 33.6 Å². The van der Waals surface area contributed by atoms with Gasteiger partial charge in [-0.1, -0.05) is 20.8 Å². The van der Waals surface area contributed by atoms with Gasteiger partial charge in [-0.3, -0.25) is 4.79 Å². The fourth-order valence-corrected chi connectivity index (χ4v) is 1.73. The molecule has 0 aromatic heterocycles. The van der Waals surface area contributed by atoms with Crippen molar-refractivity contribution in [1.82, 2.24) is 4.90 Å². The number of aliphatic carboxylic acids is 1. The summed E-state index contributed by atoms with van der Waals surface area (Å²) in [6.07, 6.45) is 0.964. The molecule has 3 nitrogen and oxygen atoms in total. The van der Waals surface area contributed by atoms with Crippen LogP contribution in [0.2, 0.25) is 0 Å². The van der Waals surface area contributed by atoms with Crippen molar-refractivity contribution in [2.24, 2.45) is 5.41 Å². The zero-order valence-electron chi connectivity index (χ0n) is 9.29. The van der Waals surface area contributed by atoms with E-state index in [2.05, 4.69) is 25.7 Å². The molecule has 1 unspecified atom stereocenters. The molecule has 0 fully saturated rings. The lowest BCUT2D eigenvalue weighted by Gasteiger charge is -2.35. The van der Waals surface area contributed by atoms with Gasteiger partial charge >= 0.3 is 5.97 Å². The van der Waals surface area contributed by atoms with Crippen LogP contribution in [0.4, 0.5) is 0 Å². The van der Waals surface area contributed by atoms with Gasteiger partial charge in [-0.2, -0.15) is 0 Å². The summed E-state index contributed by atoms with van der Waals surface area (Å²) < 4.78 is 0. The number of hydrogen-bond acceptors (Lipinski definition) is 2. The quantitative estimate of drug-likeness (QED) is 0.730. The van der Waals surface area contributed by atoms with Gasteiger partial charge in [0.2, 0.25) is 0 Å². The molecule has 0 spiro atoms. The molecule has 0 aliphatic carbocycles. The van der Waals surface area contributed by atoms with Gasteiger partial charge in [0.25, 0.3) is 0 Å². The molecule has 3 heteroatoms. The van der Waals surface area contributed by atoms with Crippen molar-refractivity contribution in [3.63, 3.8) is 0 Å². The molecule has 0 saturated carbocycles. The van der Waals surface area contributed by atoms with E-state index >= 15 is 0 Å². The molecule has 0 aliphatic rings. The second kappa shape index (κ2) is 4.61. The van der Waals surface area contributed by atoms with Gasteiger partial charge < -0.3 is 10.0 Å². The number of carboxylic acid groups (broad SMARTS) is 1. The Morgan fingerprint density at radius 3 is 2.08 bits per heavy atom. The van der Waals surface area contributed by atoms with Crippen molar-refractivity contribution < 1.29 is 9.90 Å². The zero-order valence-corrected chi connectivity index (χ0v) is 9.29. The van der Waals surface area contributed by atoms with Gasteiger partial charge in [-0.25, -0.2) is 0 Å². The number of rotatable bonds is 4. The van der Waals surface area contributed by atoms with Gasteiger partial charge in [-0.15, -0.1) is 0 Å². The summed E-state index contributed by atoms with van der Waals surface area (Å²) in [6.45, 7) is 6.42. The van der Waals surface area contributed by atoms with Crippen molar-refractivity contribution in [2.45, 2.75) is 39.7 Å². The lowest BCUT2D eigenvalue weighted by atomic mass is 9.83. The third kappa shape index (κ3) is 4.88. The summed E-state index contributed by atoms with van der Waals surface area (Å²) >= 11 is 0. The van der Waals surface area contributed by atoms with Crippen LogP contribution in [0.3, 0.4) is 0 Å². The molecule has 0 amide bonds. The molecule has 1 atom stereocenters. The minimum atomic E-state index is -0.712. The maximum atomic E-state index is 10.4. The van der Waals surface area contributed by atoms with E-state index in [0.717, 1.165) is 0 Å². The number of carbonyl (C=O) groups is 1. The summed E-state index contributed by atoms with van der Waals surface area (Å²) in [5.74, 6) is -0.712. The average molecular weight is 187 g/mol. The number of hydrogen-bond donors (Lipinski definition) is 1. The summed E-state index contributed by atoms with van der Waals surface area (Å²) in [5.41, 5.74) is 0.138. The molecule has 1 N–H and O–H groups in total. The van der Waals surface area contributed by atoms with E-state index in [0.29, 0.717) is 12.5 Å². The first-order valence-corrected chi connectivity index (χ1v) is 4.63. The van der Waals surface area contributed by atoms with Crippen LogP contribution >= 0.6 is 0 Å². The molecule has 0 bridgehead atoms. The smallest absolute Gasteiger partial charge is 0.303 e. The van der Waals surface area contributed by atoms with E-state index in [1.54, 1.807) is 0 Å². The van der Waals surface area contributed by atoms with Crippen molar-refractivity contribution in [3.05, 3.63) is 0 Å². The molecule has 0 heterocycles. The first-order chi connectivity index (χ1) is 5.75. The lowest BCUT2D eigenvalue weighted by molar-refractivity contribution is -0.137. The largest absolute Gasteiger partial charge is 0.481 e. The fraction of sp³-hybridized carbons (Fsp3) is 0.900. The Morgan fingerprint density at radius 1 is 1.38 bits per heavy atom. The monoisotopic (exact) mass is 187 g/mol. The van der Waals surface area contributed by atoms with E-state index in [1.807, 2.05) is 14.1 Å². The van der Waals surface area contributed by atoms with Gasteiger partial charge in [0, 0.05) is 12.5 Å². The van der Waals surface area contributed by atoms with E-state index in [1.165, 1.54) is 0 Å². The summed E-state index contributed by atoms with van der Waals surface area (Å²) in [7, 11) is 4.00. The highest BCUT2D eigenvalue weighted by atomic mass is 16.4. The molecule has 0 aromatic rings. The highest BCUT2D eigenvalue weighted by Crippen LogP contribution is 2.26. The Hall–Kier alpha value is -0.570. The minimum absolute atomic E-state index is 0.138. The van der Waals surface area contributed by atoms with Crippen molar-refractivity contribution in [2.75, 3.05) is 14.1 Å². The van der Waals surface area contributed by atoms with Gasteiger partial charge in [0.15, 0.2) is 0 Å². The maximum absolute atomic E-state index is 10.4. The van der Waals surface area contributed by atoms with Crippen molar-refractivity contribution in [1.29, 1.82) is 0 Å². The second-order valence-electron chi connectivity index (χ2n) is 4.78.